The number of hydrogen-bond acceptors (Lipinski definition) is 7. The van der Waals surface area contributed by atoms with Crippen LogP contribution in [0.5, 0.6) is 5.75 Å². The van der Waals surface area contributed by atoms with Gasteiger partial charge < -0.3 is 20.5 Å². The van der Waals surface area contributed by atoms with E-state index in [1.165, 1.54) is 25.6 Å². The van der Waals surface area contributed by atoms with Crippen LogP contribution in [0.1, 0.15) is 11.1 Å². The van der Waals surface area contributed by atoms with Crippen LogP contribution in [-0.4, -0.2) is 35.7 Å². The fourth-order valence-corrected chi connectivity index (χ4v) is 3.46. The zero-order valence-electron chi connectivity index (χ0n) is 18.8. The summed E-state index contributed by atoms with van der Waals surface area (Å²) in [7, 11) is 1.53. The second-order valence-electron chi connectivity index (χ2n) is 7.46. The maximum Gasteiger partial charge on any atom is 0.148 e. The van der Waals surface area contributed by atoms with Gasteiger partial charge in [0.25, 0.3) is 0 Å². The molecule has 178 valence electrons. The number of nitrogens with one attached hydrogen (secondary N) is 1. The Kier molecular flexibility index (Phi) is 7.81. The molecule has 0 fully saturated rings. The molecule has 10 heteroatoms. The number of nitrogens with two attached hydrogens (primary N) is 1. The van der Waals surface area contributed by atoms with E-state index >= 15 is 0 Å². The van der Waals surface area contributed by atoms with Gasteiger partial charge in [0, 0.05) is 18.2 Å². The summed E-state index contributed by atoms with van der Waals surface area (Å²) in [6.45, 7) is 0.403. The number of nitrogens with zero attached hydrogens (tertiary/aromatic N) is 4. The maximum atomic E-state index is 13.4. The number of halogens is 2. The van der Waals surface area contributed by atoms with E-state index in [1.54, 1.807) is 30.5 Å². The Morgan fingerprint density at radius 3 is 2.83 bits per heavy atom. The topological polar surface area (TPSA) is 107 Å². The van der Waals surface area contributed by atoms with Crippen molar-refractivity contribution in [1.82, 2.24) is 9.97 Å². The van der Waals surface area contributed by atoms with Gasteiger partial charge in [0.2, 0.25) is 0 Å². The molecule has 4 aromatic rings. The molecule has 35 heavy (non-hydrogen) atoms. The van der Waals surface area contributed by atoms with Crippen molar-refractivity contribution in [3.8, 4) is 5.75 Å². The van der Waals surface area contributed by atoms with Crippen LogP contribution >= 0.6 is 11.6 Å². The smallest absolute Gasteiger partial charge is 0.148 e. The van der Waals surface area contributed by atoms with Gasteiger partial charge in [-0.3, -0.25) is 0 Å². The molecule has 0 radical (unpaired) electrons. The van der Waals surface area contributed by atoms with Gasteiger partial charge in [0.05, 0.1) is 16.8 Å². The van der Waals surface area contributed by atoms with Gasteiger partial charge in [-0.05, 0) is 53.6 Å². The largest absolute Gasteiger partial charge is 0.487 e. The van der Waals surface area contributed by atoms with Crippen molar-refractivity contribution in [2.24, 2.45) is 15.9 Å². The van der Waals surface area contributed by atoms with Crippen LogP contribution in [0.2, 0.25) is 5.02 Å². The fraction of sp³-hybridized carbons (Fsp3) is 0.120. The van der Waals surface area contributed by atoms with Crippen molar-refractivity contribution in [2.75, 3.05) is 19.0 Å². The van der Waals surface area contributed by atoms with E-state index in [0.717, 1.165) is 16.5 Å². The normalized spacial score (nSPS) is 11.8. The summed E-state index contributed by atoms with van der Waals surface area (Å²) in [6.07, 6.45) is 3.06. The van der Waals surface area contributed by atoms with Gasteiger partial charge in [-0.1, -0.05) is 29.8 Å². The number of aromatic nitrogens is 2. The average Bonchev–Trinajstić information content (AvgIpc) is 2.84. The SMILES string of the molecule is COCC(N)=N/N=C/c1ccc2ncnc(Nc3ccc(OCc4cccc(F)c4)c(Cl)c3)c2c1. The molecular weight excluding hydrogens is 471 g/mol. The van der Waals surface area contributed by atoms with E-state index in [1.807, 2.05) is 24.3 Å². The monoisotopic (exact) mass is 492 g/mol. The third-order valence-corrected chi connectivity index (χ3v) is 5.12. The Morgan fingerprint density at radius 2 is 2.03 bits per heavy atom. The van der Waals surface area contributed by atoms with Crippen LogP contribution in [0.3, 0.4) is 0 Å². The molecule has 1 heterocycles. The van der Waals surface area contributed by atoms with Gasteiger partial charge in [0.15, 0.2) is 0 Å². The molecule has 0 aliphatic heterocycles. The predicted molar refractivity (Wildman–Crippen MR) is 136 cm³/mol. The van der Waals surface area contributed by atoms with Crippen molar-refractivity contribution in [3.63, 3.8) is 0 Å². The molecule has 3 aromatic carbocycles. The summed E-state index contributed by atoms with van der Waals surface area (Å²) in [5, 5.41) is 12.3. The molecule has 0 aliphatic carbocycles. The highest BCUT2D eigenvalue weighted by molar-refractivity contribution is 6.32. The lowest BCUT2D eigenvalue weighted by Gasteiger charge is -2.12. The standard InChI is InChI=1S/C25H22ClFN6O2/c1-34-14-24(28)33-31-12-16-5-7-22-20(10-16)25(30-15-29-22)32-19-6-8-23(21(26)11-19)35-13-17-3-2-4-18(27)9-17/h2-12,15H,13-14H2,1H3,(H2,28,33)(H,29,30,32)/b31-12+. The van der Waals surface area contributed by atoms with E-state index in [-0.39, 0.29) is 24.9 Å². The van der Waals surface area contributed by atoms with Gasteiger partial charge in [-0.25, -0.2) is 14.4 Å². The molecule has 0 atom stereocenters. The van der Waals surface area contributed by atoms with Crippen molar-refractivity contribution in [2.45, 2.75) is 6.61 Å². The number of methoxy groups -OCH3 is 1. The molecule has 0 spiro atoms. The fourth-order valence-electron chi connectivity index (χ4n) is 3.22. The first-order valence-corrected chi connectivity index (χ1v) is 10.9. The van der Waals surface area contributed by atoms with Crippen LogP contribution in [0.25, 0.3) is 10.9 Å². The van der Waals surface area contributed by atoms with Gasteiger partial charge in [-0.2, -0.15) is 5.10 Å². The Hall–Kier alpha value is -4.08. The Bertz CT molecular complexity index is 1400. The van der Waals surface area contributed by atoms with E-state index in [9.17, 15) is 4.39 Å². The van der Waals surface area contributed by atoms with Crippen LogP contribution in [0.15, 0.2) is 77.2 Å². The maximum absolute atomic E-state index is 13.4. The number of ether oxygens (including phenoxy) is 2. The molecule has 0 saturated heterocycles. The molecule has 0 saturated carbocycles. The summed E-state index contributed by atoms with van der Waals surface area (Å²) in [5.41, 5.74) is 8.64. The van der Waals surface area contributed by atoms with Gasteiger partial charge in [-0.15, -0.1) is 5.10 Å². The lowest BCUT2D eigenvalue weighted by atomic mass is 10.1. The number of hydrogen-bond donors (Lipinski definition) is 2. The van der Waals surface area contributed by atoms with Crippen molar-refractivity contribution in [3.05, 3.63) is 89.0 Å². The van der Waals surface area contributed by atoms with Gasteiger partial charge in [0.1, 0.15) is 42.8 Å². The third-order valence-electron chi connectivity index (χ3n) is 4.82. The quantitative estimate of drug-likeness (QED) is 0.191. The summed E-state index contributed by atoms with van der Waals surface area (Å²) < 4.78 is 24.0. The zero-order valence-corrected chi connectivity index (χ0v) is 19.5. The van der Waals surface area contributed by atoms with Gasteiger partial charge >= 0.3 is 0 Å². The molecule has 4 rings (SSSR count). The number of amidine groups is 1. The van der Waals surface area contributed by atoms with Crippen LogP contribution < -0.4 is 15.8 Å². The first-order chi connectivity index (χ1) is 17.0. The van der Waals surface area contributed by atoms with Crippen molar-refractivity contribution in [1.29, 1.82) is 0 Å². The highest BCUT2D eigenvalue weighted by Crippen LogP contribution is 2.31. The molecule has 8 nitrogen and oxygen atoms in total. The van der Waals surface area contributed by atoms with Crippen molar-refractivity contribution < 1.29 is 13.9 Å². The Morgan fingerprint density at radius 1 is 1.14 bits per heavy atom. The van der Waals surface area contributed by atoms with E-state index in [0.29, 0.717) is 27.8 Å². The van der Waals surface area contributed by atoms with E-state index < -0.39 is 0 Å². The third kappa shape index (κ3) is 6.50. The number of rotatable bonds is 9. The molecule has 0 amide bonds. The number of fused-ring (bicyclic) bond motifs is 1. The second kappa shape index (κ2) is 11.4. The predicted octanol–water partition coefficient (Wildman–Crippen LogP) is 5.08. The van der Waals surface area contributed by atoms with Crippen LogP contribution in [0.4, 0.5) is 15.9 Å². The molecule has 1 aromatic heterocycles. The minimum absolute atomic E-state index is 0.201. The molecule has 3 N–H and O–H groups in total. The lowest BCUT2D eigenvalue weighted by molar-refractivity contribution is 0.244. The number of benzene rings is 3. The summed E-state index contributed by atoms with van der Waals surface area (Å²) in [4.78, 5) is 8.69. The molecule has 0 bridgehead atoms. The zero-order chi connectivity index (χ0) is 24.6. The Labute approximate surface area is 206 Å². The van der Waals surface area contributed by atoms with E-state index in [4.69, 9.17) is 26.8 Å². The first-order valence-electron chi connectivity index (χ1n) is 10.5. The molecule has 0 unspecified atom stereocenters. The summed E-state index contributed by atoms with van der Waals surface area (Å²) in [6, 6.07) is 17.1. The molecular formula is C25H22ClFN6O2. The van der Waals surface area contributed by atoms with Crippen LogP contribution in [-0.2, 0) is 11.3 Å². The summed E-state index contributed by atoms with van der Waals surface area (Å²) in [5.74, 6) is 1.04. The lowest BCUT2D eigenvalue weighted by Crippen LogP contribution is -2.17. The highest BCUT2D eigenvalue weighted by Gasteiger charge is 2.08. The average molecular weight is 493 g/mol. The molecule has 0 aliphatic rings. The van der Waals surface area contributed by atoms with Crippen LogP contribution in [0, 0.1) is 5.82 Å². The second-order valence-corrected chi connectivity index (χ2v) is 7.86. The Balaban J connectivity index is 1.51. The highest BCUT2D eigenvalue weighted by atomic mass is 35.5. The minimum atomic E-state index is -0.314. The number of anilines is 2. The first kappa shape index (κ1) is 24.1. The summed E-state index contributed by atoms with van der Waals surface area (Å²) >= 11 is 6.42. The minimum Gasteiger partial charge on any atom is -0.487 e. The van der Waals surface area contributed by atoms with E-state index in [2.05, 4.69) is 25.5 Å². The van der Waals surface area contributed by atoms with Crippen molar-refractivity contribution >= 4 is 46.1 Å².